The Morgan fingerprint density at radius 2 is 1.89 bits per heavy atom. The summed E-state index contributed by atoms with van der Waals surface area (Å²) >= 11 is 0. The van der Waals surface area contributed by atoms with Crippen molar-refractivity contribution in [2.45, 2.75) is 65.0 Å². The van der Waals surface area contributed by atoms with Crippen molar-refractivity contribution in [2.75, 3.05) is 19.6 Å². The first kappa shape index (κ1) is 16.4. The van der Waals surface area contributed by atoms with Crippen LogP contribution in [-0.4, -0.2) is 42.0 Å². The molecule has 0 radical (unpaired) electrons. The number of hydrogen-bond donors (Lipinski definition) is 2. The van der Waals surface area contributed by atoms with Crippen molar-refractivity contribution in [3.8, 4) is 0 Å². The largest absolute Gasteiger partial charge is 0.355 e. The van der Waals surface area contributed by atoms with E-state index in [2.05, 4.69) is 24.1 Å². The molecule has 0 aliphatic carbocycles. The van der Waals surface area contributed by atoms with E-state index in [0.29, 0.717) is 18.4 Å². The van der Waals surface area contributed by atoms with E-state index in [-0.39, 0.29) is 11.4 Å². The second kappa shape index (κ2) is 7.25. The van der Waals surface area contributed by atoms with E-state index < -0.39 is 0 Å². The van der Waals surface area contributed by atoms with Crippen molar-refractivity contribution >= 4 is 5.91 Å². The van der Waals surface area contributed by atoms with Crippen LogP contribution < -0.4 is 11.1 Å². The second-order valence-electron chi connectivity index (χ2n) is 6.85. The minimum Gasteiger partial charge on any atom is -0.355 e. The van der Waals surface area contributed by atoms with Gasteiger partial charge in [0.25, 0.3) is 0 Å². The third-order valence-corrected chi connectivity index (χ3v) is 3.88. The summed E-state index contributed by atoms with van der Waals surface area (Å²) < 4.78 is 0. The van der Waals surface area contributed by atoms with Gasteiger partial charge in [-0.3, -0.25) is 9.69 Å². The molecule has 0 aromatic rings. The van der Waals surface area contributed by atoms with Gasteiger partial charge in [-0.05, 0) is 52.1 Å². The van der Waals surface area contributed by atoms with Crippen LogP contribution >= 0.6 is 0 Å². The molecule has 1 rings (SSSR count). The maximum absolute atomic E-state index is 11.8. The topological polar surface area (TPSA) is 58.4 Å². The summed E-state index contributed by atoms with van der Waals surface area (Å²) in [6.07, 6.45) is 3.83. The first-order valence-electron chi connectivity index (χ1n) is 7.59. The molecule has 0 saturated carbocycles. The number of nitrogens with one attached hydrogen (secondary N) is 1. The zero-order valence-electron chi connectivity index (χ0n) is 13.0. The molecule has 1 fully saturated rings. The Kier molecular flexibility index (Phi) is 6.27. The summed E-state index contributed by atoms with van der Waals surface area (Å²) in [5.74, 6) is 0.702. The number of hydrogen-bond acceptors (Lipinski definition) is 3. The Morgan fingerprint density at radius 1 is 1.32 bits per heavy atom. The summed E-state index contributed by atoms with van der Waals surface area (Å²) in [6, 6.07) is 0.470. The van der Waals surface area contributed by atoms with Crippen LogP contribution in [0.25, 0.3) is 0 Å². The first-order valence-corrected chi connectivity index (χ1v) is 7.59. The van der Waals surface area contributed by atoms with Crippen molar-refractivity contribution in [1.29, 1.82) is 0 Å². The Balaban J connectivity index is 2.33. The van der Waals surface area contributed by atoms with Crippen molar-refractivity contribution < 1.29 is 4.79 Å². The van der Waals surface area contributed by atoms with Crippen LogP contribution in [0.15, 0.2) is 0 Å². The average Bonchev–Trinajstić information content (AvgIpc) is 2.78. The van der Waals surface area contributed by atoms with E-state index in [0.717, 1.165) is 13.0 Å². The smallest absolute Gasteiger partial charge is 0.220 e. The Bertz CT molecular complexity index is 278. The molecule has 1 unspecified atom stereocenters. The SMILES string of the molecule is CC(C)C(CNC(=O)CCC(C)(C)N)N1CCCC1. The van der Waals surface area contributed by atoms with Gasteiger partial charge in [0.1, 0.15) is 0 Å². The highest BCUT2D eigenvalue weighted by atomic mass is 16.1. The summed E-state index contributed by atoms with van der Waals surface area (Å²) in [5.41, 5.74) is 5.64. The van der Waals surface area contributed by atoms with Gasteiger partial charge in [0, 0.05) is 24.5 Å². The molecule has 1 aliphatic heterocycles. The summed E-state index contributed by atoms with van der Waals surface area (Å²) in [7, 11) is 0. The van der Waals surface area contributed by atoms with Crippen molar-refractivity contribution in [2.24, 2.45) is 11.7 Å². The van der Waals surface area contributed by atoms with Crippen LogP contribution in [0.5, 0.6) is 0 Å². The molecule has 3 N–H and O–H groups in total. The van der Waals surface area contributed by atoms with E-state index >= 15 is 0 Å². The van der Waals surface area contributed by atoms with Gasteiger partial charge in [-0.25, -0.2) is 0 Å². The Morgan fingerprint density at radius 3 is 2.37 bits per heavy atom. The van der Waals surface area contributed by atoms with E-state index in [1.165, 1.54) is 25.9 Å². The maximum atomic E-state index is 11.8. The third kappa shape index (κ3) is 6.39. The number of carbonyl (C=O) groups is 1. The molecule has 1 aliphatic rings. The van der Waals surface area contributed by atoms with Gasteiger partial charge < -0.3 is 11.1 Å². The van der Waals surface area contributed by atoms with E-state index in [4.69, 9.17) is 5.73 Å². The molecule has 112 valence electrons. The number of rotatable bonds is 7. The molecule has 0 aromatic carbocycles. The number of nitrogens with two attached hydrogens (primary N) is 1. The molecular weight excluding hydrogens is 238 g/mol. The Hall–Kier alpha value is -0.610. The standard InChI is InChI=1S/C15H31N3O/c1-12(2)13(18-9-5-6-10-18)11-17-14(19)7-8-15(3,4)16/h12-13H,5-11,16H2,1-4H3,(H,17,19). The average molecular weight is 269 g/mol. The number of amides is 1. The van der Waals surface area contributed by atoms with Crippen LogP contribution in [0.2, 0.25) is 0 Å². The van der Waals surface area contributed by atoms with E-state index in [9.17, 15) is 4.79 Å². The summed E-state index contributed by atoms with van der Waals surface area (Å²) in [4.78, 5) is 14.4. The van der Waals surface area contributed by atoms with Crippen molar-refractivity contribution in [3.05, 3.63) is 0 Å². The molecule has 4 nitrogen and oxygen atoms in total. The van der Waals surface area contributed by atoms with Gasteiger partial charge in [0.05, 0.1) is 0 Å². The highest BCUT2D eigenvalue weighted by Gasteiger charge is 2.25. The van der Waals surface area contributed by atoms with Gasteiger partial charge in [0.15, 0.2) is 0 Å². The van der Waals surface area contributed by atoms with Crippen LogP contribution in [0.4, 0.5) is 0 Å². The number of nitrogens with zero attached hydrogens (tertiary/aromatic N) is 1. The lowest BCUT2D eigenvalue weighted by Crippen LogP contribution is -2.46. The van der Waals surface area contributed by atoms with E-state index in [1.807, 2.05) is 13.8 Å². The summed E-state index contributed by atoms with van der Waals surface area (Å²) in [6.45, 7) is 11.5. The van der Waals surface area contributed by atoms with Crippen LogP contribution in [-0.2, 0) is 4.79 Å². The fourth-order valence-electron chi connectivity index (χ4n) is 2.60. The van der Waals surface area contributed by atoms with Crippen molar-refractivity contribution in [3.63, 3.8) is 0 Å². The molecule has 0 spiro atoms. The number of carbonyl (C=O) groups excluding carboxylic acids is 1. The molecular formula is C15H31N3O. The fraction of sp³-hybridized carbons (Fsp3) is 0.933. The van der Waals surface area contributed by atoms with Crippen LogP contribution in [0, 0.1) is 5.92 Å². The molecule has 1 amide bonds. The lowest BCUT2D eigenvalue weighted by atomic mass is 9.99. The van der Waals surface area contributed by atoms with Gasteiger partial charge in [-0.1, -0.05) is 13.8 Å². The molecule has 19 heavy (non-hydrogen) atoms. The van der Waals surface area contributed by atoms with Gasteiger partial charge in [-0.2, -0.15) is 0 Å². The quantitative estimate of drug-likeness (QED) is 0.740. The van der Waals surface area contributed by atoms with Crippen LogP contribution in [0.1, 0.15) is 53.4 Å². The second-order valence-corrected chi connectivity index (χ2v) is 6.85. The monoisotopic (exact) mass is 269 g/mol. The molecule has 4 heteroatoms. The number of likely N-dealkylation sites (tertiary alicyclic amines) is 1. The molecule has 0 bridgehead atoms. The molecule has 1 saturated heterocycles. The lowest BCUT2D eigenvalue weighted by Gasteiger charge is -2.31. The maximum Gasteiger partial charge on any atom is 0.220 e. The predicted octanol–water partition coefficient (Wildman–Crippen LogP) is 1.74. The minimum absolute atomic E-state index is 0.128. The third-order valence-electron chi connectivity index (χ3n) is 3.88. The predicted molar refractivity (Wildman–Crippen MR) is 79.9 cm³/mol. The highest BCUT2D eigenvalue weighted by Crippen LogP contribution is 2.17. The summed E-state index contributed by atoms with van der Waals surface area (Å²) in [5, 5.41) is 3.08. The Labute approximate surface area is 118 Å². The zero-order chi connectivity index (χ0) is 14.5. The zero-order valence-corrected chi connectivity index (χ0v) is 13.0. The lowest BCUT2D eigenvalue weighted by molar-refractivity contribution is -0.121. The van der Waals surface area contributed by atoms with Crippen molar-refractivity contribution in [1.82, 2.24) is 10.2 Å². The van der Waals surface area contributed by atoms with Gasteiger partial charge >= 0.3 is 0 Å². The normalized spacial score (nSPS) is 18.8. The van der Waals surface area contributed by atoms with Crippen LogP contribution in [0.3, 0.4) is 0 Å². The first-order chi connectivity index (χ1) is 8.79. The highest BCUT2D eigenvalue weighted by molar-refractivity contribution is 5.75. The minimum atomic E-state index is -0.260. The van der Waals surface area contributed by atoms with E-state index in [1.54, 1.807) is 0 Å². The van der Waals surface area contributed by atoms with Gasteiger partial charge in [0.2, 0.25) is 5.91 Å². The molecule has 1 atom stereocenters. The fourth-order valence-corrected chi connectivity index (χ4v) is 2.60. The molecule has 0 aromatic heterocycles. The molecule has 1 heterocycles. The van der Waals surface area contributed by atoms with Gasteiger partial charge in [-0.15, -0.1) is 0 Å².